The molecule has 5 aliphatic carbocycles. The third-order valence-electron chi connectivity index (χ3n) is 8.93. The van der Waals surface area contributed by atoms with Crippen LogP contribution in [0.15, 0.2) is 35.3 Å². The molecule has 1 aromatic carbocycles. The summed E-state index contributed by atoms with van der Waals surface area (Å²) < 4.78 is 0. The Labute approximate surface area is 185 Å². The number of thiocarbonyl (C=S) groups is 1. The average molecular weight is 429 g/mol. The molecule has 4 bridgehead atoms. The molecule has 29 heavy (non-hydrogen) atoms. The molecule has 5 aliphatic rings. The van der Waals surface area contributed by atoms with Crippen LogP contribution >= 0.6 is 23.8 Å². The van der Waals surface area contributed by atoms with Crippen molar-refractivity contribution in [1.29, 1.82) is 0 Å². The molecule has 5 saturated carbocycles. The molecule has 0 spiro atoms. The fourth-order valence-corrected chi connectivity index (χ4v) is 8.44. The van der Waals surface area contributed by atoms with Gasteiger partial charge in [-0.3, -0.25) is 4.99 Å². The van der Waals surface area contributed by atoms with Crippen molar-refractivity contribution in [1.82, 2.24) is 0 Å². The number of benzene rings is 1. The lowest BCUT2D eigenvalue weighted by atomic mass is 9.62. The van der Waals surface area contributed by atoms with Gasteiger partial charge in [0.25, 0.3) is 0 Å². The first-order valence-electron chi connectivity index (χ1n) is 11.5. The number of hydrogen-bond donors (Lipinski definition) is 1. The van der Waals surface area contributed by atoms with E-state index in [9.17, 15) is 0 Å². The Balaban J connectivity index is 1.32. The zero-order valence-electron chi connectivity index (χ0n) is 17.2. The molecule has 2 N–H and O–H groups in total. The summed E-state index contributed by atoms with van der Waals surface area (Å²) in [4.78, 5) is 5.88. The van der Waals surface area contributed by atoms with Crippen LogP contribution in [-0.2, 0) is 5.41 Å². The maximum absolute atomic E-state index is 6.64. The van der Waals surface area contributed by atoms with Crippen molar-refractivity contribution in [3.63, 3.8) is 0 Å². The number of alkyl halides is 1. The summed E-state index contributed by atoms with van der Waals surface area (Å²) in [5.41, 5.74) is 7.94. The molecule has 0 aromatic heterocycles. The zero-order valence-corrected chi connectivity index (χ0v) is 18.8. The standard InChI is InChI=1S/C25H33ClN2S/c26-16-25-11-19-10-24(15-25,20-4-2-1-3-5-20)12-21(25)22(19)23(29)28-14-18-8-6-17(13-27)7-9-18/h1-5,14,17-19,21-22H,6-13,15-16,27H2/b28-14+. The molecule has 0 radical (unpaired) electrons. The molecule has 5 atom stereocenters. The SMILES string of the molecule is NCC1CCC(/C=N/C(=S)C2C3CC4(c5ccccc5)CC2C(CCl)(C3)C4)CC1. The third-order valence-corrected chi connectivity index (χ3v) is 9.84. The smallest absolute Gasteiger partial charge is 0.106 e. The molecule has 0 amide bonds. The molecule has 5 unspecified atom stereocenters. The highest BCUT2D eigenvalue weighted by molar-refractivity contribution is 7.80. The lowest BCUT2D eigenvalue weighted by Gasteiger charge is -2.43. The van der Waals surface area contributed by atoms with Crippen molar-refractivity contribution in [2.75, 3.05) is 12.4 Å². The summed E-state index contributed by atoms with van der Waals surface area (Å²) in [6.07, 6.45) is 12.1. The monoisotopic (exact) mass is 428 g/mol. The van der Waals surface area contributed by atoms with Crippen LogP contribution in [0, 0.1) is 35.0 Å². The first kappa shape index (κ1) is 20.2. The van der Waals surface area contributed by atoms with Gasteiger partial charge in [-0.15, -0.1) is 11.6 Å². The fourth-order valence-electron chi connectivity index (χ4n) is 7.62. The van der Waals surface area contributed by atoms with Crippen molar-refractivity contribution in [3.05, 3.63) is 35.9 Å². The van der Waals surface area contributed by atoms with Crippen LogP contribution in [0.2, 0.25) is 0 Å². The number of halogens is 1. The van der Waals surface area contributed by atoms with E-state index in [0.717, 1.165) is 17.4 Å². The number of nitrogens with two attached hydrogens (primary N) is 1. The zero-order chi connectivity index (χ0) is 20.1. The Hall–Kier alpha value is -0.770. The second-order valence-electron chi connectivity index (χ2n) is 10.5. The Morgan fingerprint density at radius 1 is 1.14 bits per heavy atom. The number of nitrogens with zero attached hydrogens (tertiary/aromatic N) is 1. The normalized spacial score (nSPS) is 43.3. The van der Waals surface area contributed by atoms with Crippen molar-refractivity contribution < 1.29 is 0 Å². The van der Waals surface area contributed by atoms with Gasteiger partial charge in [0.15, 0.2) is 0 Å². The highest BCUT2D eigenvalue weighted by Gasteiger charge is 2.68. The van der Waals surface area contributed by atoms with Crippen molar-refractivity contribution in [2.45, 2.75) is 56.8 Å². The fraction of sp³-hybridized carbons (Fsp3) is 0.680. The molecule has 0 aliphatic heterocycles. The van der Waals surface area contributed by atoms with E-state index in [1.807, 2.05) is 0 Å². The van der Waals surface area contributed by atoms with Gasteiger partial charge >= 0.3 is 0 Å². The molecule has 6 rings (SSSR count). The van der Waals surface area contributed by atoms with Gasteiger partial charge in [0.1, 0.15) is 4.99 Å². The molecule has 156 valence electrons. The Morgan fingerprint density at radius 2 is 1.90 bits per heavy atom. The summed E-state index contributed by atoms with van der Waals surface area (Å²) in [7, 11) is 0. The minimum absolute atomic E-state index is 0.268. The van der Waals surface area contributed by atoms with Gasteiger partial charge in [-0.1, -0.05) is 42.5 Å². The highest BCUT2D eigenvalue weighted by atomic mass is 35.5. The van der Waals surface area contributed by atoms with Crippen LogP contribution in [-0.4, -0.2) is 23.6 Å². The average Bonchev–Trinajstić information content (AvgIpc) is 3.14. The predicted octanol–water partition coefficient (Wildman–Crippen LogP) is 5.76. The largest absolute Gasteiger partial charge is 0.330 e. The summed E-state index contributed by atoms with van der Waals surface area (Å²) in [6, 6.07) is 11.2. The van der Waals surface area contributed by atoms with Gasteiger partial charge in [-0.05, 0) is 98.0 Å². The number of aliphatic imine (C=N–C) groups is 1. The van der Waals surface area contributed by atoms with E-state index < -0.39 is 0 Å². The van der Waals surface area contributed by atoms with Gasteiger partial charge in [0.2, 0.25) is 0 Å². The van der Waals surface area contributed by atoms with E-state index in [4.69, 9.17) is 34.5 Å². The summed E-state index contributed by atoms with van der Waals surface area (Å²) in [5, 5.41) is 0. The third kappa shape index (κ3) is 3.32. The molecule has 4 heteroatoms. The van der Waals surface area contributed by atoms with Crippen LogP contribution < -0.4 is 5.73 Å². The summed E-state index contributed by atoms with van der Waals surface area (Å²) in [5.74, 6) is 3.79. The van der Waals surface area contributed by atoms with Crippen molar-refractivity contribution >= 4 is 35.0 Å². The lowest BCUT2D eigenvalue weighted by molar-refractivity contribution is 0.185. The van der Waals surface area contributed by atoms with E-state index in [-0.39, 0.29) is 5.41 Å². The van der Waals surface area contributed by atoms with Gasteiger partial charge in [0.05, 0.1) is 0 Å². The maximum Gasteiger partial charge on any atom is 0.106 e. The molecular weight excluding hydrogens is 396 g/mol. The van der Waals surface area contributed by atoms with E-state index in [1.54, 1.807) is 0 Å². The topological polar surface area (TPSA) is 38.4 Å². The molecule has 2 nitrogen and oxygen atoms in total. The van der Waals surface area contributed by atoms with Gasteiger partial charge in [-0.25, -0.2) is 0 Å². The molecular formula is C25H33ClN2S. The van der Waals surface area contributed by atoms with Crippen LogP contribution in [0.5, 0.6) is 0 Å². The minimum atomic E-state index is 0.268. The summed E-state index contributed by atoms with van der Waals surface area (Å²) >= 11 is 12.6. The minimum Gasteiger partial charge on any atom is -0.330 e. The van der Waals surface area contributed by atoms with Gasteiger partial charge < -0.3 is 5.73 Å². The van der Waals surface area contributed by atoms with E-state index >= 15 is 0 Å². The first-order chi connectivity index (χ1) is 14.1. The molecule has 0 saturated heterocycles. The Bertz CT molecular complexity index is 787. The van der Waals surface area contributed by atoms with Gasteiger partial charge in [-0.2, -0.15) is 0 Å². The predicted molar refractivity (Wildman–Crippen MR) is 126 cm³/mol. The maximum atomic E-state index is 6.64. The van der Waals surface area contributed by atoms with Crippen molar-refractivity contribution in [2.24, 2.45) is 45.7 Å². The molecule has 0 heterocycles. The van der Waals surface area contributed by atoms with E-state index in [1.165, 1.54) is 56.9 Å². The second kappa shape index (κ2) is 7.73. The Kier molecular flexibility index (Phi) is 5.37. The highest BCUT2D eigenvalue weighted by Crippen LogP contribution is 2.73. The van der Waals surface area contributed by atoms with Crippen LogP contribution in [0.4, 0.5) is 0 Å². The first-order valence-corrected chi connectivity index (χ1v) is 12.4. The summed E-state index contributed by atoms with van der Waals surface area (Å²) in [6.45, 7) is 0.831. The Morgan fingerprint density at radius 3 is 2.59 bits per heavy atom. The second-order valence-corrected chi connectivity index (χ2v) is 11.1. The number of hydrogen-bond acceptors (Lipinski definition) is 2. The van der Waals surface area contributed by atoms with Gasteiger partial charge in [0, 0.05) is 18.0 Å². The van der Waals surface area contributed by atoms with Crippen LogP contribution in [0.1, 0.15) is 56.9 Å². The quantitative estimate of drug-likeness (QED) is 0.367. The van der Waals surface area contributed by atoms with E-state index in [0.29, 0.717) is 35.0 Å². The molecule has 5 fully saturated rings. The molecule has 1 aromatic rings. The van der Waals surface area contributed by atoms with E-state index in [2.05, 4.69) is 36.5 Å². The van der Waals surface area contributed by atoms with Crippen molar-refractivity contribution in [3.8, 4) is 0 Å². The lowest BCUT2D eigenvalue weighted by Crippen LogP contribution is -2.38. The van der Waals surface area contributed by atoms with Crippen LogP contribution in [0.25, 0.3) is 0 Å². The number of rotatable bonds is 5. The van der Waals surface area contributed by atoms with Crippen LogP contribution in [0.3, 0.4) is 0 Å².